The van der Waals surface area contributed by atoms with Gasteiger partial charge in [-0.25, -0.2) is 0 Å². The van der Waals surface area contributed by atoms with E-state index in [0.29, 0.717) is 6.54 Å². The smallest absolute Gasteiger partial charge is 0.0554 e. The Labute approximate surface area is 192 Å². The molecular weight excluding hydrogens is 470 g/mol. The van der Waals surface area contributed by atoms with E-state index in [1.165, 1.54) is 26.9 Å². The number of nitrogens with two attached hydrogens (primary N) is 2. The van der Waals surface area contributed by atoms with Crippen molar-refractivity contribution in [2.24, 2.45) is 11.5 Å². The van der Waals surface area contributed by atoms with Crippen LogP contribution in [-0.2, 0) is 0 Å². The molecule has 0 spiro atoms. The quantitative estimate of drug-likeness (QED) is 0.630. The van der Waals surface area contributed by atoms with E-state index >= 15 is 0 Å². The van der Waals surface area contributed by atoms with Crippen LogP contribution in [0.25, 0.3) is 0 Å². The third-order valence-corrected chi connectivity index (χ3v) is 7.02. The molecule has 5 nitrogen and oxygen atoms in total. The van der Waals surface area contributed by atoms with Crippen LogP contribution in [-0.4, -0.2) is 57.3 Å². The molecule has 0 aromatic heterocycles. The normalized spacial score (nSPS) is 16.2. The molecule has 1 fully saturated rings. The predicted octanol–water partition coefficient (Wildman–Crippen LogP) is 3.90. The average Bonchev–Trinajstić information content (AvgIpc) is 2.71. The molecule has 1 saturated heterocycles. The van der Waals surface area contributed by atoms with Crippen molar-refractivity contribution >= 4 is 57.2 Å². The van der Waals surface area contributed by atoms with Crippen LogP contribution in [0.4, 0.5) is 17.1 Å². The number of hydrogen-bond acceptors (Lipinski definition) is 6. The highest BCUT2D eigenvalue weighted by Crippen LogP contribution is 2.49. The molecule has 0 unspecified atom stereocenters. The van der Waals surface area contributed by atoms with Crippen LogP contribution in [0, 0.1) is 0 Å². The van der Waals surface area contributed by atoms with Gasteiger partial charge in [-0.2, -0.15) is 0 Å². The second-order valence-electron chi connectivity index (χ2n) is 7.28. The monoisotopic (exact) mass is 497 g/mol. The van der Waals surface area contributed by atoms with E-state index in [-0.39, 0.29) is 12.4 Å². The zero-order valence-electron chi connectivity index (χ0n) is 16.5. The highest BCUT2D eigenvalue weighted by molar-refractivity contribution is 9.10. The fourth-order valence-electron chi connectivity index (χ4n) is 3.95. The number of nitrogens with zero attached hydrogens (tertiary/aromatic N) is 3. The van der Waals surface area contributed by atoms with Crippen LogP contribution in [0.5, 0.6) is 0 Å². The molecule has 4 rings (SSSR count). The van der Waals surface area contributed by atoms with Crippen LogP contribution in [0.2, 0.25) is 0 Å². The number of hydrogen-bond donors (Lipinski definition) is 2. The van der Waals surface area contributed by atoms with Crippen LogP contribution in [0.15, 0.2) is 50.7 Å². The molecule has 2 heterocycles. The van der Waals surface area contributed by atoms with E-state index in [2.05, 4.69) is 67.0 Å². The first-order valence-corrected chi connectivity index (χ1v) is 11.6. The second-order valence-corrected chi connectivity index (χ2v) is 9.28. The summed E-state index contributed by atoms with van der Waals surface area (Å²) in [6, 6.07) is 13.5. The van der Waals surface area contributed by atoms with E-state index in [0.717, 1.165) is 56.7 Å². The number of rotatable bonds is 6. The zero-order chi connectivity index (χ0) is 19.5. The SMILES string of the molecule is Cl.NCCCN1c2ccc(Br)cc2Sc2cc(N3CCN(CCN)CC3)ccc21. The van der Waals surface area contributed by atoms with Gasteiger partial charge in [0.25, 0.3) is 0 Å². The molecule has 0 atom stereocenters. The van der Waals surface area contributed by atoms with E-state index in [1.807, 2.05) is 11.8 Å². The van der Waals surface area contributed by atoms with Crippen molar-refractivity contribution in [3.63, 3.8) is 0 Å². The fraction of sp³-hybridized carbons (Fsp3) is 0.429. The van der Waals surface area contributed by atoms with Crippen molar-refractivity contribution in [1.29, 1.82) is 0 Å². The third-order valence-electron chi connectivity index (χ3n) is 5.44. The highest BCUT2D eigenvalue weighted by atomic mass is 79.9. The van der Waals surface area contributed by atoms with Crippen LogP contribution in [0.3, 0.4) is 0 Å². The number of halogens is 2. The first-order valence-electron chi connectivity index (χ1n) is 9.96. The summed E-state index contributed by atoms with van der Waals surface area (Å²) in [7, 11) is 0. The Morgan fingerprint density at radius 3 is 2.24 bits per heavy atom. The van der Waals surface area contributed by atoms with Crippen molar-refractivity contribution in [3.05, 3.63) is 40.9 Å². The lowest BCUT2D eigenvalue weighted by Crippen LogP contribution is -2.47. The zero-order valence-corrected chi connectivity index (χ0v) is 19.7. The molecule has 0 bridgehead atoms. The molecule has 29 heavy (non-hydrogen) atoms. The van der Waals surface area contributed by atoms with Gasteiger partial charge in [0.15, 0.2) is 0 Å². The maximum absolute atomic E-state index is 5.81. The molecule has 8 heteroatoms. The fourth-order valence-corrected chi connectivity index (χ4v) is 5.63. The molecule has 0 saturated carbocycles. The third kappa shape index (κ3) is 5.03. The molecule has 2 aromatic rings. The van der Waals surface area contributed by atoms with Gasteiger partial charge in [-0.3, -0.25) is 4.90 Å². The van der Waals surface area contributed by atoms with Crippen molar-refractivity contribution < 1.29 is 0 Å². The lowest BCUT2D eigenvalue weighted by Gasteiger charge is -2.37. The molecule has 0 amide bonds. The number of piperazine rings is 1. The number of anilines is 3. The summed E-state index contributed by atoms with van der Waals surface area (Å²) in [5.41, 5.74) is 15.4. The summed E-state index contributed by atoms with van der Waals surface area (Å²) in [6.45, 7) is 7.66. The Morgan fingerprint density at radius 1 is 0.862 bits per heavy atom. The minimum atomic E-state index is 0. The van der Waals surface area contributed by atoms with Gasteiger partial charge in [-0.1, -0.05) is 27.7 Å². The maximum atomic E-state index is 5.81. The molecule has 0 aliphatic carbocycles. The van der Waals surface area contributed by atoms with Gasteiger partial charge in [-0.15, -0.1) is 12.4 Å². The molecule has 2 aliphatic rings. The minimum Gasteiger partial charge on any atom is -0.369 e. The van der Waals surface area contributed by atoms with E-state index in [4.69, 9.17) is 11.5 Å². The van der Waals surface area contributed by atoms with Crippen molar-refractivity contribution in [3.8, 4) is 0 Å². The van der Waals surface area contributed by atoms with Crippen LogP contribution >= 0.6 is 40.1 Å². The van der Waals surface area contributed by atoms with Gasteiger partial charge in [-0.05, 0) is 49.4 Å². The van der Waals surface area contributed by atoms with Crippen molar-refractivity contribution in [1.82, 2.24) is 4.90 Å². The highest BCUT2D eigenvalue weighted by Gasteiger charge is 2.25. The van der Waals surface area contributed by atoms with Crippen LogP contribution in [0.1, 0.15) is 6.42 Å². The molecule has 0 radical (unpaired) electrons. The lowest BCUT2D eigenvalue weighted by molar-refractivity contribution is 0.265. The summed E-state index contributed by atoms with van der Waals surface area (Å²) >= 11 is 5.49. The Kier molecular flexibility index (Phi) is 8.13. The summed E-state index contributed by atoms with van der Waals surface area (Å²) in [5, 5.41) is 0. The van der Waals surface area contributed by atoms with E-state index in [1.54, 1.807) is 0 Å². The van der Waals surface area contributed by atoms with E-state index < -0.39 is 0 Å². The summed E-state index contributed by atoms with van der Waals surface area (Å²) in [4.78, 5) is 9.98. The summed E-state index contributed by atoms with van der Waals surface area (Å²) in [5.74, 6) is 0. The topological polar surface area (TPSA) is 61.8 Å². The van der Waals surface area contributed by atoms with Gasteiger partial charge in [0.05, 0.1) is 11.4 Å². The largest absolute Gasteiger partial charge is 0.369 e. The van der Waals surface area contributed by atoms with Crippen LogP contribution < -0.4 is 21.3 Å². The minimum absolute atomic E-state index is 0. The molecule has 158 valence electrons. The van der Waals surface area contributed by atoms with Gasteiger partial charge >= 0.3 is 0 Å². The number of fused-ring (bicyclic) bond motifs is 2. The lowest BCUT2D eigenvalue weighted by atomic mass is 10.1. The van der Waals surface area contributed by atoms with Gasteiger partial charge in [0, 0.05) is 65.8 Å². The Hall–Kier alpha value is -0.960. The standard InChI is InChI=1S/C21H28BrN5S.ClH/c22-16-2-4-18-20(14-16)28-21-15-17(3-5-19(21)27(18)8-1-6-23)26-12-10-25(9-7-24)11-13-26;/h2-5,14-15H,1,6-13,23-24H2;1H. The first-order chi connectivity index (χ1) is 13.7. The van der Waals surface area contributed by atoms with Crippen molar-refractivity contribution in [2.45, 2.75) is 16.2 Å². The summed E-state index contributed by atoms with van der Waals surface area (Å²) in [6.07, 6.45) is 0.977. The van der Waals surface area contributed by atoms with E-state index in [9.17, 15) is 0 Å². The van der Waals surface area contributed by atoms with Crippen molar-refractivity contribution in [2.75, 3.05) is 62.2 Å². The molecule has 2 aliphatic heterocycles. The van der Waals surface area contributed by atoms with Gasteiger partial charge in [0.2, 0.25) is 0 Å². The van der Waals surface area contributed by atoms with Gasteiger partial charge < -0.3 is 21.3 Å². The maximum Gasteiger partial charge on any atom is 0.0554 e. The second kappa shape index (κ2) is 10.4. The molecule has 4 N–H and O–H groups in total. The average molecular weight is 499 g/mol. The number of benzene rings is 2. The Morgan fingerprint density at radius 2 is 1.55 bits per heavy atom. The predicted molar refractivity (Wildman–Crippen MR) is 130 cm³/mol. The van der Waals surface area contributed by atoms with Gasteiger partial charge in [0.1, 0.15) is 0 Å². The molecule has 2 aromatic carbocycles. The Balaban J connectivity index is 0.00000240. The summed E-state index contributed by atoms with van der Waals surface area (Å²) < 4.78 is 1.12. The Bertz CT molecular complexity index is 829. The molecular formula is C21H29BrClN5S. The first kappa shape index (κ1) is 22.7.